The van der Waals surface area contributed by atoms with Gasteiger partial charge in [-0.05, 0) is 38.5 Å². The lowest BCUT2D eigenvalue weighted by atomic mass is 9.77. The van der Waals surface area contributed by atoms with E-state index in [4.69, 9.17) is 0 Å². The van der Waals surface area contributed by atoms with E-state index in [1.165, 1.54) is 32.1 Å². The Labute approximate surface area is 119 Å². The molecule has 110 valence electrons. The van der Waals surface area contributed by atoms with Gasteiger partial charge in [-0.15, -0.1) is 0 Å². The quantitative estimate of drug-likeness (QED) is 0.789. The number of H-pyrrole nitrogens is 1. The maximum Gasteiger partial charge on any atom is 0.237 e. The smallest absolute Gasteiger partial charge is 0.237 e. The molecule has 1 saturated carbocycles. The first-order valence-corrected chi connectivity index (χ1v) is 7.79. The first kappa shape index (κ1) is 13.6. The molecule has 2 fully saturated rings. The summed E-state index contributed by atoms with van der Waals surface area (Å²) in [6.07, 6.45) is 11.0. The average Bonchev–Trinajstić information content (AvgIpc) is 3.01. The van der Waals surface area contributed by atoms with Crippen LogP contribution in [0.2, 0.25) is 0 Å². The van der Waals surface area contributed by atoms with Crippen LogP contribution in [0, 0.1) is 5.92 Å². The molecule has 5 nitrogen and oxygen atoms in total. The van der Waals surface area contributed by atoms with Gasteiger partial charge in [0.25, 0.3) is 0 Å². The molecule has 0 spiro atoms. The number of nitrogens with zero attached hydrogens (tertiary/aromatic N) is 1. The molecular weight excluding hydrogens is 252 g/mol. The van der Waals surface area contributed by atoms with Crippen molar-refractivity contribution in [2.24, 2.45) is 5.92 Å². The van der Waals surface area contributed by atoms with Gasteiger partial charge in [-0.3, -0.25) is 9.89 Å². The molecule has 1 aromatic heterocycles. The Morgan fingerprint density at radius 2 is 2.20 bits per heavy atom. The molecule has 5 heteroatoms. The molecule has 0 radical (unpaired) electrons. The van der Waals surface area contributed by atoms with Crippen molar-refractivity contribution < 1.29 is 4.79 Å². The van der Waals surface area contributed by atoms with E-state index in [1.807, 2.05) is 13.1 Å². The largest absolute Gasteiger partial charge is 0.348 e. The van der Waals surface area contributed by atoms with Gasteiger partial charge in [-0.25, -0.2) is 0 Å². The fourth-order valence-electron chi connectivity index (χ4n) is 3.60. The first-order chi connectivity index (χ1) is 9.74. The van der Waals surface area contributed by atoms with Crippen LogP contribution in [-0.4, -0.2) is 28.2 Å². The van der Waals surface area contributed by atoms with Crippen LogP contribution in [0.3, 0.4) is 0 Å². The summed E-state index contributed by atoms with van der Waals surface area (Å²) in [6, 6.07) is 0.535. The SMILES string of the molecule is CC(NC(=O)C1CCC2CCCCC2N1)c1cn[nH]c1. The van der Waals surface area contributed by atoms with Crippen molar-refractivity contribution in [3.8, 4) is 0 Å². The van der Waals surface area contributed by atoms with E-state index in [0.717, 1.165) is 17.9 Å². The average molecular weight is 276 g/mol. The molecule has 3 N–H and O–H groups in total. The van der Waals surface area contributed by atoms with E-state index in [2.05, 4.69) is 20.8 Å². The molecule has 2 aliphatic rings. The van der Waals surface area contributed by atoms with E-state index in [1.54, 1.807) is 6.20 Å². The number of hydrogen-bond donors (Lipinski definition) is 3. The summed E-state index contributed by atoms with van der Waals surface area (Å²) < 4.78 is 0. The second-order valence-electron chi connectivity index (χ2n) is 6.21. The Kier molecular flexibility index (Phi) is 4.05. The minimum absolute atomic E-state index is 0.00660. The van der Waals surface area contributed by atoms with Gasteiger partial charge in [-0.2, -0.15) is 5.10 Å². The predicted molar refractivity (Wildman–Crippen MR) is 77.0 cm³/mol. The zero-order valence-electron chi connectivity index (χ0n) is 12.1. The molecule has 0 aromatic carbocycles. The van der Waals surface area contributed by atoms with Crippen LogP contribution in [0.25, 0.3) is 0 Å². The number of fused-ring (bicyclic) bond motifs is 1. The summed E-state index contributed by atoms with van der Waals surface area (Å²) in [5.74, 6) is 0.918. The third-order valence-electron chi connectivity index (χ3n) is 4.85. The van der Waals surface area contributed by atoms with Gasteiger partial charge in [-0.1, -0.05) is 12.8 Å². The molecule has 1 aliphatic carbocycles. The molecule has 1 aromatic rings. The summed E-state index contributed by atoms with van der Waals surface area (Å²) in [5, 5.41) is 13.4. The van der Waals surface area contributed by atoms with Gasteiger partial charge in [0.15, 0.2) is 0 Å². The molecule has 20 heavy (non-hydrogen) atoms. The topological polar surface area (TPSA) is 69.8 Å². The normalized spacial score (nSPS) is 31.4. The van der Waals surface area contributed by atoms with Crippen LogP contribution in [0.5, 0.6) is 0 Å². The minimum Gasteiger partial charge on any atom is -0.348 e. The second-order valence-corrected chi connectivity index (χ2v) is 6.21. The number of aromatic amines is 1. The molecule has 4 unspecified atom stereocenters. The maximum absolute atomic E-state index is 12.4. The van der Waals surface area contributed by atoms with Crippen LogP contribution in [0.15, 0.2) is 12.4 Å². The number of carbonyl (C=O) groups excluding carboxylic acids is 1. The molecule has 3 rings (SSSR count). The third kappa shape index (κ3) is 2.87. The summed E-state index contributed by atoms with van der Waals surface area (Å²) in [6.45, 7) is 2.00. The Bertz CT molecular complexity index is 445. The fraction of sp³-hybridized carbons (Fsp3) is 0.733. The fourth-order valence-corrected chi connectivity index (χ4v) is 3.60. The number of aromatic nitrogens is 2. The monoisotopic (exact) mass is 276 g/mol. The molecule has 0 bridgehead atoms. The van der Waals surface area contributed by atoms with Crippen molar-refractivity contribution in [2.75, 3.05) is 0 Å². The zero-order chi connectivity index (χ0) is 13.9. The van der Waals surface area contributed by atoms with E-state index >= 15 is 0 Å². The summed E-state index contributed by atoms with van der Waals surface area (Å²) >= 11 is 0. The van der Waals surface area contributed by atoms with Crippen molar-refractivity contribution in [1.29, 1.82) is 0 Å². The highest BCUT2D eigenvalue weighted by atomic mass is 16.2. The van der Waals surface area contributed by atoms with Gasteiger partial charge < -0.3 is 10.6 Å². The Hall–Kier alpha value is -1.36. The lowest BCUT2D eigenvalue weighted by Crippen LogP contribution is -2.55. The van der Waals surface area contributed by atoms with Gasteiger partial charge >= 0.3 is 0 Å². The molecule has 1 aliphatic heterocycles. The van der Waals surface area contributed by atoms with Gasteiger partial charge in [0.1, 0.15) is 0 Å². The number of carbonyl (C=O) groups is 1. The number of nitrogens with one attached hydrogen (secondary N) is 3. The predicted octanol–water partition coefficient (Wildman–Crippen LogP) is 1.90. The molecule has 4 atom stereocenters. The van der Waals surface area contributed by atoms with E-state index < -0.39 is 0 Å². The van der Waals surface area contributed by atoms with Crippen LogP contribution in [0.1, 0.15) is 57.1 Å². The highest BCUT2D eigenvalue weighted by Crippen LogP contribution is 2.32. The first-order valence-electron chi connectivity index (χ1n) is 7.79. The van der Waals surface area contributed by atoms with Gasteiger partial charge in [0, 0.05) is 17.8 Å². The van der Waals surface area contributed by atoms with Crippen molar-refractivity contribution in [1.82, 2.24) is 20.8 Å². The molecule has 1 amide bonds. The van der Waals surface area contributed by atoms with E-state index in [9.17, 15) is 4.79 Å². The Morgan fingerprint density at radius 1 is 1.35 bits per heavy atom. The van der Waals surface area contributed by atoms with Gasteiger partial charge in [0.2, 0.25) is 5.91 Å². The minimum atomic E-state index is -0.0244. The highest BCUT2D eigenvalue weighted by Gasteiger charge is 2.34. The summed E-state index contributed by atoms with van der Waals surface area (Å²) in [7, 11) is 0. The van der Waals surface area contributed by atoms with Crippen molar-refractivity contribution in [3.05, 3.63) is 18.0 Å². The second kappa shape index (κ2) is 5.95. The standard InChI is InChI=1S/C15H24N4O/c1-10(12-8-16-17-9-12)18-15(20)14-7-6-11-4-2-3-5-13(11)19-14/h8-11,13-14,19H,2-7H2,1H3,(H,16,17)(H,18,20). The van der Waals surface area contributed by atoms with Crippen LogP contribution in [0.4, 0.5) is 0 Å². The lowest BCUT2D eigenvalue weighted by Gasteiger charge is -2.40. The molecule has 2 heterocycles. The highest BCUT2D eigenvalue weighted by molar-refractivity contribution is 5.82. The van der Waals surface area contributed by atoms with Crippen LogP contribution >= 0.6 is 0 Å². The van der Waals surface area contributed by atoms with Crippen molar-refractivity contribution >= 4 is 5.91 Å². The van der Waals surface area contributed by atoms with E-state index in [-0.39, 0.29) is 18.0 Å². The molecular formula is C15H24N4O. The number of amides is 1. The Morgan fingerprint density at radius 3 is 3.00 bits per heavy atom. The molecule has 1 saturated heterocycles. The lowest BCUT2D eigenvalue weighted by molar-refractivity contribution is -0.125. The third-order valence-corrected chi connectivity index (χ3v) is 4.85. The Balaban J connectivity index is 1.55. The summed E-state index contributed by atoms with van der Waals surface area (Å²) in [4.78, 5) is 12.4. The van der Waals surface area contributed by atoms with Gasteiger partial charge in [0.05, 0.1) is 18.3 Å². The van der Waals surface area contributed by atoms with Crippen molar-refractivity contribution in [3.63, 3.8) is 0 Å². The van der Waals surface area contributed by atoms with Crippen LogP contribution in [-0.2, 0) is 4.79 Å². The van der Waals surface area contributed by atoms with E-state index in [0.29, 0.717) is 6.04 Å². The maximum atomic E-state index is 12.4. The summed E-state index contributed by atoms with van der Waals surface area (Å²) in [5.41, 5.74) is 1.02. The van der Waals surface area contributed by atoms with Crippen molar-refractivity contribution in [2.45, 2.75) is 63.6 Å². The number of piperidine rings is 1. The number of rotatable bonds is 3. The van der Waals surface area contributed by atoms with Crippen LogP contribution < -0.4 is 10.6 Å². The zero-order valence-corrected chi connectivity index (χ0v) is 12.1. The number of hydrogen-bond acceptors (Lipinski definition) is 3.